The van der Waals surface area contributed by atoms with Crippen LogP contribution in [0.25, 0.3) is 16.1 Å². The number of para-hydroxylation sites is 1. The minimum atomic E-state index is -0.182. The molecule has 2 fully saturated rings. The normalized spacial score (nSPS) is 17.8. The molecule has 0 radical (unpaired) electrons. The number of benzene rings is 3. The third-order valence-electron chi connectivity index (χ3n) is 8.31. The van der Waals surface area contributed by atoms with Gasteiger partial charge in [0.25, 0.3) is 5.91 Å². The lowest BCUT2D eigenvalue weighted by Crippen LogP contribution is -2.45. The van der Waals surface area contributed by atoms with Crippen molar-refractivity contribution in [3.8, 4) is 10.4 Å². The van der Waals surface area contributed by atoms with Crippen LogP contribution in [0.15, 0.2) is 91.5 Å². The summed E-state index contributed by atoms with van der Waals surface area (Å²) in [6, 6.07) is 27.7. The Hall–Kier alpha value is -4.40. The van der Waals surface area contributed by atoms with Crippen LogP contribution in [0.4, 0.5) is 16.2 Å². The summed E-state index contributed by atoms with van der Waals surface area (Å²) in [5.41, 5.74) is 6.48. The molecule has 1 aromatic heterocycles. The number of nitrogens with zero attached hydrogens (tertiary/aromatic N) is 2. The number of morpholine rings is 1. The predicted octanol–water partition coefficient (Wildman–Crippen LogP) is 6.95. The van der Waals surface area contributed by atoms with E-state index in [4.69, 9.17) is 4.74 Å². The van der Waals surface area contributed by atoms with Gasteiger partial charge in [-0.2, -0.15) is 0 Å². The summed E-state index contributed by atoms with van der Waals surface area (Å²) in [6.45, 7) is 6.33. The summed E-state index contributed by atoms with van der Waals surface area (Å²) in [7, 11) is 0. The number of hydrogen-bond donors (Lipinski definition) is 2. The van der Waals surface area contributed by atoms with Gasteiger partial charge in [0.1, 0.15) is 0 Å². The van der Waals surface area contributed by atoms with Crippen molar-refractivity contribution >= 4 is 40.3 Å². The molecule has 1 aliphatic carbocycles. The third-order valence-corrected chi connectivity index (χ3v) is 9.58. The molecular formula is C35H34N4O3S. The standard InChI is InChI=1S/C35H34N4O3S/c1-23(36-27-15-16-27)32-21-26-17-18-38(30-10-6-5-9-29(30)33(26)43-32)34(40)25-11-13-28(14-12-25)37-35(41)39-19-20-42-22-31(39)24-7-3-2-4-8-24/h2-14,21,27,31,36H,1,15-20,22H2,(H,37,41). The highest BCUT2D eigenvalue weighted by atomic mass is 32.1. The third kappa shape index (κ3) is 5.68. The van der Waals surface area contributed by atoms with Gasteiger partial charge in [-0.15, -0.1) is 11.3 Å². The number of carbonyl (C=O) groups is 2. The predicted molar refractivity (Wildman–Crippen MR) is 172 cm³/mol. The molecule has 1 saturated carbocycles. The maximum absolute atomic E-state index is 13.9. The van der Waals surface area contributed by atoms with Gasteiger partial charge in [-0.25, -0.2) is 4.79 Å². The van der Waals surface area contributed by atoms with E-state index in [0.29, 0.717) is 43.6 Å². The molecule has 7 rings (SSSR count). The fourth-order valence-electron chi connectivity index (χ4n) is 5.85. The largest absolute Gasteiger partial charge is 0.382 e. The number of nitrogens with one attached hydrogen (secondary N) is 2. The van der Waals surface area contributed by atoms with E-state index < -0.39 is 0 Å². The Morgan fingerprint density at radius 2 is 1.70 bits per heavy atom. The number of anilines is 2. The molecule has 8 heteroatoms. The molecule has 2 N–H and O–H groups in total. The maximum Gasteiger partial charge on any atom is 0.322 e. The first kappa shape index (κ1) is 27.4. The zero-order valence-corrected chi connectivity index (χ0v) is 24.7. The van der Waals surface area contributed by atoms with E-state index in [1.54, 1.807) is 35.6 Å². The Kier molecular flexibility index (Phi) is 7.47. The van der Waals surface area contributed by atoms with Gasteiger partial charge >= 0.3 is 6.03 Å². The number of carbonyl (C=O) groups excluding carboxylic acids is 2. The summed E-state index contributed by atoms with van der Waals surface area (Å²) in [6.07, 6.45) is 3.18. The quantitative estimate of drug-likeness (QED) is 0.255. The topological polar surface area (TPSA) is 73.9 Å². The van der Waals surface area contributed by atoms with Crippen LogP contribution in [0.1, 0.15) is 45.2 Å². The Morgan fingerprint density at radius 1 is 0.930 bits per heavy atom. The van der Waals surface area contributed by atoms with Crippen LogP contribution in [0, 0.1) is 0 Å². The summed E-state index contributed by atoms with van der Waals surface area (Å²) in [5.74, 6) is -0.0576. The van der Waals surface area contributed by atoms with Crippen molar-refractivity contribution in [2.24, 2.45) is 0 Å². The highest BCUT2D eigenvalue weighted by molar-refractivity contribution is 7.16. The number of ether oxygens (including phenoxy) is 1. The zero-order valence-electron chi connectivity index (χ0n) is 23.9. The van der Waals surface area contributed by atoms with Crippen LogP contribution in [-0.2, 0) is 11.2 Å². The lowest BCUT2D eigenvalue weighted by molar-refractivity contribution is 0.0148. The summed E-state index contributed by atoms with van der Waals surface area (Å²) in [4.78, 5) is 33.2. The second-order valence-corrected chi connectivity index (χ2v) is 12.3. The van der Waals surface area contributed by atoms with E-state index in [9.17, 15) is 9.59 Å². The average Bonchev–Trinajstić information content (AvgIpc) is 3.79. The monoisotopic (exact) mass is 590 g/mol. The number of urea groups is 1. The first-order valence-electron chi connectivity index (χ1n) is 14.9. The summed E-state index contributed by atoms with van der Waals surface area (Å²) in [5, 5.41) is 6.55. The van der Waals surface area contributed by atoms with E-state index >= 15 is 0 Å². The average molecular weight is 591 g/mol. The molecule has 7 nitrogen and oxygen atoms in total. The zero-order chi connectivity index (χ0) is 29.3. The van der Waals surface area contributed by atoms with Crippen molar-refractivity contribution in [2.45, 2.75) is 31.3 Å². The molecule has 1 saturated heterocycles. The van der Waals surface area contributed by atoms with Crippen LogP contribution in [0.5, 0.6) is 0 Å². The fourth-order valence-corrected chi connectivity index (χ4v) is 7.02. The molecule has 4 aromatic rings. The second kappa shape index (κ2) is 11.7. The SMILES string of the molecule is C=C(NC1CC1)c1cc2c(s1)-c1ccccc1N(C(=O)c1ccc(NC(=O)N3CCOCC3c3ccccc3)cc1)CC2. The number of amides is 3. The van der Waals surface area contributed by atoms with E-state index in [0.717, 1.165) is 33.8 Å². The minimum absolute atomic E-state index is 0.0576. The van der Waals surface area contributed by atoms with Crippen molar-refractivity contribution in [2.75, 3.05) is 36.5 Å². The molecule has 0 spiro atoms. The number of thiophene rings is 1. The highest BCUT2D eigenvalue weighted by Crippen LogP contribution is 2.43. The van der Waals surface area contributed by atoms with Gasteiger partial charge in [0.05, 0.1) is 29.8 Å². The van der Waals surface area contributed by atoms with Gasteiger partial charge in [0.15, 0.2) is 0 Å². The van der Waals surface area contributed by atoms with E-state index in [1.165, 1.54) is 23.3 Å². The van der Waals surface area contributed by atoms with Crippen LogP contribution in [0.2, 0.25) is 0 Å². The Morgan fingerprint density at radius 3 is 2.49 bits per heavy atom. The van der Waals surface area contributed by atoms with Crippen molar-refractivity contribution in [1.82, 2.24) is 10.2 Å². The van der Waals surface area contributed by atoms with Crippen molar-refractivity contribution < 1.29 is 14.3 Å². The van der Waals surface area contributed by atoms with Crippen molar-refractivity contribution in [3.63, 3.8) is 0 Å². The Bertz CT molecular complexity index is 1660. The van der Waals surface area contributed by atoms with Crippen LogP contribution in [-0.4, -0.2) is 49.2 Å². The number of fused-ring (bicyclic) bond motifs is 3. The van der Waals surface area contributed by atoms with Crippen molar-refractivity contribution in [1.29, 1.82) is 0 Å². The van der Waals surface area contributed by atoms with Gasteiger partial charge in [-0.05, 0) is 66.8 Å². The van der Waals surface area contributed by atoms with Crippen LogP contribution in [0.3, 0.4) is 0 Å². The summed E-state index contributed by atoms with van der Waals surface area (Å²) >= 11 is 1.74. The molecule has 3 heterocycles. The van der Waals surface area contributed by atoms with Gasteiger partial charge in [0.2, 0.25) is 0 Å². The van der Waals surface area contributed by atoms with Crippen LogP contribution < -0.4 is 15.5 Å². The number of rotatable bonds is 6. The lowest BCUT2D eigenvalue weighted by Gasteiger charge is -2.35. The minimum Gasteiger partial charge on any atom is -0.382 e. The van der Waals surface area contributed by atoms with E-state index in [2.05, 4.69) is 29.3 Å². The molecule has 1 unspecified atom stereocenters. The van der Waals surface area contributed by atoms with Gasteiger partial charge in [-0.1, -0.05) is 55.1 Å². The van der Waals surface area contributed by atoms with Gasteiger partial charge < -0.3 is 25.2 Å². The van der Waals surface area contributed by atoms with Crippen LogP contribution >= 0.6 is 11.3 Å². The Labute approximate surface area is 255 Å². The molecular weight excluding hydrogens is 556 g/mol. The first-order chi connectivity index (χ1) is 21.0. The molecule has 3 aliphatic rings. The maximum atomic E-state index is 13.9. The molecule has 1 atom stereocenters. The molecule has 2 aliphatic heterocycles. The Balaban J connectivity index is 1.07. The van der Waals surface area contributed by atoms with Crippen molar-refractivity contribution in [3.05, 3.63) is 113 Å². The smallest absolute Gasteiger partial charge is 0.322 e. The fraction of sp³-hybridized carbons (Fsp3) is 0.257. The molecule has 3 aromatic carbocycles. The van der Waals surface area contributed by atoms with E-state index in [1.807, 2.05) is 58.3 Å². The lowest BCUT2D eigenvalue weighted by atomic mass is 10.1. The van der Waals surface area contributed by atoms with E-state index in [-0.39, 0.29) is 18.0 Å². The highest BCUT2D eigenvalue weighted by Gasteiger charge is 2.30. The molecule has 3 amide bonds. The molecule has 43 heavy (non-hydrogen) atoms. The second-order valence-electron chi connectivity index (χ2n) is 11.3. The first-order valence-corrected chi connectivity index (χ1v) is 15.7. The number of hydrogen-bond acceptors (Lipinski definition) is 5. The van der Waals surface area contributed by atoms with Gasteiger partial charge in [-0.3, -0.25) is 4.79 Å². The summed E-state index contributed by atoms with van der Waals surface area (Å²) < 4.78 is 5.68. The molecule has 0 bridgehead atoms. The molecule has 218 valence electrons. The van der Waals surface area contributed by atoms with Gasteiger partial charge in [0, 0.05) is 46.5 Å².